The molecule has 0 atom stereocenters. The molecule has 1 heterocycles. The van der Waals surface area contributed by atoms with Gasteiger partial charge in [-0.15, -0.1) is 0 Å². The number of hydrogen-bond donors (Lipinski definition) is 1. The number of benzene rings is 1. The minimum atomic E-state index is -2.53. The van der Waals surface area contributed by atoms with Crippen LogP contribution in [0.2, 0.25) is 5.15 Å². The van der Waals surface area contributed by atoms with Crippen molar-refractivity contribution in [1.29, 1.82) is 0 Å². The molecule has 0 saturated heterocycles. The van der Waals surface area contributed by atoms with E-state index in [0.717, 1.165) is 11.1 Å². The van der Waals surface area contributed by atoms with Gasteiger partial charge in [-0.05, 0) is 29.8 Å². The second-order valence-corrected chi connectivity index (χ2v) is 4.53. The summed E-state index contributed by atoms with van der Waals surface area (Å²) in [5.41, 5.74) is 1.63. The molecule has 2 aromatic rings. The minimum absolute atomic E-state index is 0.291. The molecule has 0 fully saturated rings. The molecular formula is C11H8ClNO2S. The number of pyridine rings is 1. The maximum Gasteiger partial charge on any atom is 0.168 e. The summed E-state index contributed by atoms with van der Waals surface area (Å²) in [6.07, 6.45) is 1.61. The summed E-state index contributed by atoms with van der Waals surface area (Å²) in [6.45, 7) is 0. The van der Waals surface area contributed by atoms with Crippen LogP contribution < -0.4 is 0 Å². The van der Waals surface area contributed by atoms with E-state index >= 15 is 0 Å². The Bertz CT molecular complexity index is 571. The first kappa shape index (κ1) is 11.1. The Morgan fingerprint density at radius 3 is 2.31 bits per heavy atom. The van der Waals surface area contributed by atoms with E-state index in [1.54, 1.807) is 36.5 Å². The van der Waals surface area contributed by atoms with Crippen molar-refractivity contribution in [2.75, 3.05) is 0 Å². The van der Waals surface area contributed by atoms with Crippen molar-refractivity contribution >= 4 is 22.3 Å². The Balaban J connectivity index is 2.46. The molecule has 82 valence electrons. The van der Waals surface area contributed by atoms with Gasteiger partial charge in [-0.1, -0.05) is 23.7 Å². The number of aromatic nitrogens is 1. The lowest BCUT2D eigenvalue weighted by Crippen LogP contribution is -1.84. The van der Waals surface area contributed by atoms with Crippen LogP contribution in [-0.2, 0) is 10.7 Å². The largest absolute Gasteiger partial charge is 0.244 e. The fourth-order valence-electron chi connectivity index (χ4n) is 1.36. The van der Waals surface area contributed by atoms with Crippen LogP contribution in [0.5, 0.6) is 0 Å². The number of halogens is 1. The van der Waals surface area contributed by atoms with Gasteiger partial charge in [-0.3, -0.25) is 0 Å². The van der Waals surface area contributed by atoms with Crippen molar-refractivity contribution in [3.05, 3.63) is 47.7 Å². The lowest BCUT2D eigenvalue weighted by Gasteiger charge is -2.02. The average molecular weight is 254 g/mol. The van der Waals surface area contributed by atoms with Gasteiger partial charge in [0.15, 0.2) is 10.7 Å². The zero-order chi connectivity index (χ0) is 11.5. The first-order chi connectivity index (χ1) is 7.68. The molecule has 3 nitrogen and oxygen atoms in total. The first-order valence-electron chi connectivity index (χ1n) is 4.54. The molecule has 0 unspecified atom stereocenters. The summed E-state index contributed by atoms with van der Waals surface area (Å²) in [4.78, 5) is 4.25. The number of thiol groups is 1. The van der Waals surface area contributed by atoms with E-state index in [1.807, 2.05) is 6.07 Å². The Hall–Kier alpha value is -1.39. The molecule has 1 aromatic carbocycles. The SMILES string of the molecule is O=[SH](=O)c1ccc(-c2cccnc2Cl)cc1. The van der Waals surface area contributed by atoms with Crippen LogP contribution >= 0.6 is 11.6 Å². The fourth-order valence-corrected chi connectivity index (χ4v) is 1.99. The number of nitrogens with zero attached hydrogens (tertiary/aromatic N) is 1. The molecule has 0 aliphatic rings. The molecule has 0 aliphatic heterocycles. The average Bonchev–Trinajstić information content (AvgIpc) is 2.30. The van der Waals surface area contributed by atoms with Crippen LogP contribution in [0.25, 0.3) is 11.1 Å². The molecular weight excluding hydrogens is 246 g/mol. The summed E-state index contributed by atoms with van der Waals surface area (Å²) in [5.74, 6) is 0. The van der Waals surface area contributed by atoms with Crippen molar-refractivity contribution in [2.45, 2.75) is 4.90 Å². The van der Waals surface area contributed by atoms with E-state index in [1.165, 1.54) is 0 Å². The minimum Gasteiger partial charge on any atom is -0.244 e. The van der Waals surface area contributed by atoms with Gasteiger partial charge in [0.25, 0.3) is 0 Å². The fraction of sp³-hybridized carbons (Fsp3) is 0. The Kier molecular flexibility index (Phi) is 3.22. The Morgan fingerprint density at radius 1 is 1.06 bits per heavy atom. The maximum absolute atomic E-state index is 10.7. The van der Waals surface area contributed by atoms with Gasteiger partial charge in [0.1, 0.15) is 5.15 Å². The van der Waals surface area contributed by atoms with Crippen LogP contribution in [0.15, 0.2) is 47.5 Å². The molecule has 5 heteroatoms. The van der Waals surface area contributed by atoms with Gasteiger partial charge < -0.3 is 0 Å². The third-order valence-electron chi connectivity index (χ3n) is 2.15. The lowest BCUT2D eigenvalue weighted by molar-refractivity contribution is 0.614. The predicted molar refractivity (Wildman–Crippen MR) is 63.3 cm³/mol. The third-order valence-corrected chi connectivity index (χ3v) is 3.17. The summed E-state index contributed by atoms with van der Waals surface area (Å²) < 4.78 is 21.4. The molecule has 0 saturated carbocycles. The van der Waals surface area contributed by atoms with Crippen LogP contribution in [0, 0.1) is 0 Å². The summed E-state index contributed by atoms with van der Waals surface area (Å²) >= 11 is 5.93. The van der Waals surface area contributed by atoms with Gasteiger partial charge in [0.2, 0.25) is 0 Å². The zero-order valence-corrected chi connectivity index (χ0v) is 9.78. The maximum atomic E-state index is 10.7. The number of hydrogen-bond acceptors (Lipinski definition) is 3. The number of rotatable bonds is 2. The second-order valence-electron chi connectivity index (χ2n) is 3.15. The molecule has 0 radical (unpaired) electrons. The molecule has 2 rings (SSSR count). The molecule has 0 aliphatic carbocycles. The van der Waals surface area contributed by atoms with Gasteiger partial charge in [0.05, 0.1) is 4.90 Å². The summed E-state index contributed by atoms with van der Waals surface area (Å²) in [7, 11) is -2.53. The van der Waals surface area contributed by atoms with Crippen molar-refractivity contribution in [1.82, 2.24) is 4.98 Å². The molecule has 0 N–H and O–H groups in total. The molecule has 0 bridgehead atoms. The van der Waals surface area contributed by atoms with E-state index in [9.17, 15) is 8.42 Å². The highest BCUT2D eigenvalue weighted by atomic mass is 35.5. The van der Waals surface area contributed by atoms with Crippen molar-refractivity contribution in [2.24, 2.45) is 0 Å². The van der Waals surface area contributed by atoms with E-state index in [4.69, 9.17) is 11.6 Å². The van der Waals surface area contributed by atoms with E-state index in [2.05, 4.69) is 4.98 Å². The third kappa shape index (κ3) is 2.23. The van der Waals surface area contributed by atoms with Crippen molar-refractivity contribution < 1.29 is 8.42 Å². The highest BCUT2D eigenvalue weighted by Gasteiger charge is 2.03. The topological polar surface area (TPSA) is 47.0 Å². The van der Waals surface area contributed by atoms with Gasteiger partial charge in [0, 0.05) is 11.8 Å². The van der Waals surface area contributed by atoms with Crippen LogP contribution in [0.4, 0.5) is 0 Å². The second kappa shape index (κ2) is 4.63. The standard InChI is InChI=1S/C11H8ClNO2S/c12-11-10(2-1-7-13-11)8-3-5-9(6-4-8)16(14)15/h1-7,16H. The summed E-state index contributed by atoms with van der Waals surface area (Å²) in [6, 6.07) is 10.1. The smallest absolute Gasteiger partial charge is 0.168 e. The molecule has 0 spiro atoms. The predicted octanol–water partition coefficient (Wildman–Crippen LogP) is 2.37. The van der Waals surface area contributed by atoms with E-state index in [-0.39, 0.29) is 0 Å². The van der Waals surface area contributed by atoms with Crippen molar-refractivity contribution in [3.8, 4) is 11.1 Å². The quantitative estimate of drug-likeness (QED) is 0.660. The van der Waals surface area contributed by atoms with E-state index in [0.29, 0.717) is 10.0 Å². The normalized spacial score (nSPS) is 10.6. The van der Waals surface area contributed by atoms with Crippen LogP contribution in [-0.4, -0.2) is 13.4 Å². The lowest BCUT2D eigenvalue weighted by atomic mass is 10.1. The highest BCUT2D eigenvalue weighted by molar-refractivity contribution is 7.72. The monoisotopic (exact) mass is 253 g/mol. The molecule has 0 amide bonds. The molecule has 16 heavy (non-hydrogen) atoms. The van der Waals surface area contributed by atoms with Crippen LogP contribution in [0.3, 0.4) is 0 Å². The molecule has 1 aromatic heterocycles. The Morgan fingerprint density at radius 2 is 1.75 bits per heavy atom. The first-order valence-corrected chi connectivity index (χ1v) is 6.09. The van der Waals surface area contributed by atoms with Gasteiger partial charge >= 0.3 is 0 Å². The summed E-state index contributed by atoms with van der Waals surface area (Å²) in [5, 5.41) is 0.404. The van der Waals surface area contributed by atoms with Gasteiger partial charge in [-0.25, -0.2) is 13.4 Å². The Labute approximate surface area is 99.7 Å². The van der Waals surface area contributed by atoms with E-state index < -0.39 is 10.7 Å². The van der Waals surface area contributed by atoms with Gasteiger partial charge in [-0.2, -0.15) is 0 Å². The van der Waals surface area contributed by atoms with Crippen molar-refractivity contribution in [3.63, 3.8) is 0 Å². The highest BCUT2D eigenvalue weighted by Crippen LogP contribution is 2.25. The zero-order valence-electron chi connectivity index (χ0n) is 8.13. The van der Waals surface area contributed by atoms with Crippen LogP contribution in [0.1, 0.15) is 0 Å².